The Kier molecular flexibility index (Phi) is 6.76. The van der Waals surface area contributed by atoms with E-state index in [0.717, 1.165) is 38.3 Å². The number of benzene rings is 2. The summed E-state index contributed by atoms with van der Waals surface area (Å²) in [6.07, 6.45) is 1.90. The summed E-state index contributed by atoms with van der Waals surface area (Å²) >= 11 is 0. The summed E-state index contributed by atoms with van der Waals surface area (Å²) in [6, 6.07) is 15.6. The molecule has 0 saturated carbocycles. The van der Waals surface area contributed by atoms with Crippen LogP contribution in [0.15, 0.2) is 65.7 Å². The summed E-state index contributed by atoms with van der Waals surface area (Å²) in [6.45, 7) is 4.45. The van der Waals surface area contributed by atoms with E-state index in [-0.39, 0.29) is 16.6 Å². The Morgan fingerprint density at radius 3 is 2.58 bits per heavy atom. The summed E-state index contributed by atoms with van der Waals surface area (Å²) in [5.41, 5.74) is 2.79. The van der Waals surface area contributed by atoms with Gasteiger partial charge in [0.25, 0.3) is 0 Å². The first-order valence-corrected chi connectivity index (χ1v) is 12.5. The Morgan fingerprint density at radius 2 is 1.88 bits per heavy atom. The highest BCUT2D eigenvalue weighted by Crippen LogP contribution is 2.30. The first kappa shape index (κ1) is 23.3. The second-order valence-corrected chi connectivity index (χ2v) is 10.5. The lowest BCUT2D eigenvalue weighted by Crippen LogP contribution is -2.35. The molecule has 5 nitrogen and oxygen atoms in total. The SMILES string of the molecule is Cc1cc(S(=O)(=O)Cc2ccc(F)cn2)c(F)cc1N(C)[C@H]1CCN(Cc2ccccc2)C1. The molecule has 0 radical (unpaired) electrons. The van der Waals surface area contributed by atoms with Gasteiger partial charge in [0.05, 0.1) is 17.6 Å². The van der Waals surface area contributed by atoms with Crippen molar-refractivity contribution in [2.45, 2.75) is 36.6 Å². The summed E-state index contributed by atoms with van der Waals surface area (Å²) < 4.78 is 53.7. The van der Waals surface area contributed by atoms with Crippen LogP contribution in [-0.4, -0.2) is 44.5 Å². The van der Waals surface area contributed by atoms with E-state index >= 15 is 4.39 Å². The van der Waals surface area contributed by atoms with Crippen LogP contribution < -0.4 is 4.90 Å². The van der Waals surface area contributed by atoms with Crippen LogP contribution in [0.5, 0.6) is 0 Å². The van der Waals surface area contributed by atoms with Gasteiger partial charge in [-0.2, -0.15) is 0 Å². The molecule has 1 aromatic heterocycles. The number of rotatable bonds is 7. The molecule has 0 N–H and O–H groups in total. The fourth-order valence-corrected chi connectivity index (χ4v) is 5.77. The fraction of sp³-hybridized carbons (Fsp3) is 0.320. The third-order valence-corrected chi connectivity index (χ3v) is 7.80. The maximum Gasteiger partial charge on any atom is 0.186 e. The lowest BCUT2D eigenvalue weighted by atomic mass is 10.1. The predicted octanol–water partition coefficient (Wildman–Crippen LogP) is 4.35. The van der Waals surface area contributed by atoms with Crippen LogP contribution in [0.3, 0.4) is 0 Å². The van der Waals surface area contributed by atoms with Crippen molar-refractivity contribution >= 4 is 15.5 Å². The number of sulfone groups is 1. The normalized spacial score (nSPS) is 16.8. The van der Waals surface area contributed by atoms with Crippen LogP contribution in [0.1, 0.15) is 23.2 Å². The van der Waals surface area contributed by atoms with Gasteiger partial charge in [0.2, 0.25) is 0 Å². The third-order valence-electron chi connectivity index (χ3n) is 6.14. The van der Waals surface area contributed by atoms with Gasteiger partial charge in [0.1, 0.15) is 16.5 Å². The molecular weight excluding hydrogens is 444 g/mol. The van der Waals surface area contributed by atoms with Gasteiger partial charge in [-0.15, -0.1) is 0 Å². The van der Waals surface area contributed by atoms with Gasteiger partial charge < -0.3 is 4.90 Å². The zero-order chi connectivity index (χ0) is 23.6. The molecule has 2 aromatic carbocycles. The minimum Gasteiger partial charge on any atom is -0.370 e. The molecule has 33 heavy (non-hydrogen) atoms. The van der Waals surface area contributed by atoms with Crippen molar-refractivity contribution in [1.29, 1.82) is 0 Å². The Morgan fingerprint density at radius 1 is 1.12 bits per heavy atom. The second-order valence-electron chi connectivity index (χ2n) is 8.57. The molecule has 0 amide bonds. The summed E-state index contributed by atoms with van der Waals surface area (Å²) in [4.78, 5) is 7.84. The van der Waals surface area contributed by atoms with Gasteiger partial charge in [-0.05, 0) is 48.7 Å². The summed E-state index contributed by atoms with van der Waals surface area (Å²) in [5, 5.41) is 0. The average molecular weight is 472 g/mol. The maximum absolute atomic E-state index is 15.0. The number of likely N-dealkylation sites (tertiary alicyclic amines) is 1. The van der Waals surface area contributed by atoms with Crippen LogP contribution in [0.4, 0.5) is 14.5 Å². The van der Waals surface area contributed by atoms with Crippen molar-refractivity contribution in [3.8, 4) is 0 Å². The molecule has 0 bridgehead atoms. The van der Waals surface area contributed by atoms with E-state index in [0.29, 0.717) is 11.3 Å². The molecular formula is C25H27F2N3O2S. The van der Waals surface area contributed by atoms with Crippen molar-refractivity contribution in [2.75, 3.05) is 25.0 Å². The van der Waals surface area contributed by atoms with E-state index in [9.17, 15) is 12.8 Å². The first-order chi connectivity index (χ1) is 15.7. The van der Waals surface area contributed by atoms with Gasteiger partial charge in [-0.3, -0.25) is 9.88 Å². The van der Waals surface area contributed by atoms with E-state index in [2.05, 4.69) is 22.0 Å². The maximum atomic E-state index is 15.0. The monoisotopic (exact) mass is 471 g/mol. The molecule has 4 rings (SSSR count). The molecule has 1 fully saturated rings. The van der Waals surface area contributed by atoms with Crippen LogP contribution in [0, 0.1) is 18.6 Å². The molecule has 3 aromatic rings. The average Bonchev–Trinajstić information content (AvgIpc) is 3.25. The Labute approximate surface area is 193 Å². The molecule has 0 unspecified atom stereocenters. The van der Waals surface area contributed by atoms with E-state index in [1.54, 1.807) is 6.92 Å². The number of anilines is 1. The Hall–Kier alpha value is -2.84. The van der Waals surface area contributed by atoms with Crippen molar-refractivity contribution in [3.63, 3.8) is 0 Å². The molecule has 0 aliphatic carbocycles. The minimum absolute atomic E-state index is 0.166. The van der Waals surface area contributed by atoms with E-state index < -0.39 is 27.2 Å². The zero-order valence-electron chi connectivity index (χ0n) is 18.7. The van der Waals surface area contributed by atoms with Crippen molar-refractivity contribution in [3.05, 3.63) is 89.2 Å². The van der Waals surface area contributed by atoms with E-state index in [1.807, 2.05) is 30.1 Å². The van der Waals surface area contributed by atoms with Crippen LogP contribution >= 0.6 is 0 Å². The molecule has 8 heteroatoms. The number of likely N-dealkylation sites (N-methyl/N-ethyl adjacent to an activating group) is 1. The second kappa shape index (κ2) is 9.57. The first-order valence-electron chi connectivity index (χ1n) is 10.9. The molecule has 1 aliphatic heterocycles. The molecule has 2 heterocycles. The number of nitrogens with zero attached hydrogens (tertiary/aromatic N) is 3. The van der Waals surface area contributed by atoms with Crippen LogP contribution in [-0.2, 0) is 22.1 Å². The van der Waals surface area contributed by atoms with Gasteiger partial charge in [-0.25, -0.2) is 17.2 Å². The van der Waals surface area contributed by atoms with Gasteiger partial charge in [-0.1, -0.05) is 30.3 Å². The molecule has 1 saturated heterocycles. The number of aryl methyl sites for hydroxylation is 1. The van der Waals surface area contributed by atoms with Crippen molar-refractivity contribution in [2.24, 2.45) is 0 Å². The standard InChI is InChI=1S/C25H27F2N3O2S/c1-18-12-25(33(31,32)17-21-9-8-20(26)14-28-21)23(27)13-24(18)29(2)22-10-11-30(16-22)15-19-6-4-3-5-7-19/h3-9,12-14,22H,10-11,15-17H2,1-2H3/t22-/m0/s1. The quantitative estimate of drug-likeness (QED) is 0.513. The summed E-state index contributed by atoms with van der Waals surface area (Å²) in [7, 11) is -2.05. The lowest BCUT2D eigenvalue weighted by molar-refractivity contribution is 0.326. The number of hydrogen-bond acceptors (Lipinski definition) is 5. The van der Waals surface area contributed by atoms with Gasteiger partial charge in [0.15, 0.2) is 9.84 Å². The third kappa shape index (κ3) is 5.39. The molecule has 174 valence electrons. The zero-order valence-corrected chi connectivity index (χ0v) is 19.5. The van der Waals surface area contributed by atoms with Crippen molar-refractivity contribution in [1.82, 2.24) is 9.88 Å². The van der Waals surface area contributed by atoms with E-state index in [1.165, 1.54) is 23.8 Å². The highest BCUT2D eigenvalue weighted by molar-refractivity contribution is 7.90. The number of pyridine rings is 1. The molecule has 0 spiro atoms. The topological polar surface area (TPSA) is 53.5 Å². The highest BCUT2D eigenvalue weighted by atomic mass is 32.2. The van der Waals surface area contributed by atoms with Gasteiger partial charge in [0, 0.05) is 38.4 Å². The molecule has 1 aliphatic rings. The Bertz CT molecular complexity index is 1220. The lowest BCUT2D eigenvalue weighted by Gasteiger charge is -2.29. The Balaban J connectivity index is 1.49. The number of halogens is 2. The highest BCUT2D eigenvalue weighted by Gasteiger charge is 2.28. The number of aromatic nitrogens is 1. The summed E-state index contributed by atoms with van der Waals surface area (Å²) in [5.74, 6) is -1.83. The largest absolute Gasteiger partial charge is 0.370 e. The number of hydrogen-bond donors (Lipinski definition) is 0. The van der Waals surface area contributed by atoms with Crippen LogP contribution in [0.25, 0.3) is 0 Å². The van der Waals surface area contributed by atoms with Gasteiger partial charge >= 0.3 is 0 Å². The predicted molar refractivity (Wildman–Crippen MR) is 125 cm³/mol. The van der Waals surface area contributed by atoms with E-state index in [4.69, 9.17) is 0 Å². The fourth-order valence-electron chi connectivity index (χ4n) is 4.34. The molecule has 1 atom stereocenters. The van der Waals surface area contributed by atoms with Crippen LogP contribution in [0.2, 0.25) is 0 Å². The minimum atomic E-state index is -3.97. The van der Waals surface area contributed by atoms with Crippen molar-refractivity contribution < 1.29 is 17.2 Å². The smallest absolute Gasteiger partial charge is 0.186 e.